The van der Waals surface area contributed by atoms with Gasteiger partial charge in [0.2, 0.25) is 0 Å². The Morgan fingerprint density at radius 2 is 0.882 bits per heavy atom. The molecule has 68 heavy (non-hydrogen) atoms. The van der Waals surface area contributed by atoms with Crippen LogP contribution in [0.3, 0.4) is 0 Å². The van der Waals surface area contributed by atoms with Crippen LogP contribution in [0.25, 0.3) is 0 Å². The molecule has 0 amide bonds. The largest absolute Gasteiger partial charge is 0.490 e. The SMILES string of the molecule is C[C@@H]1CCC(=O)O[C@@H]2C[C@@H]3C[C@H](O)CC[C@]3(C)[C@H]3C[C@H](OC(=O)C(F)(F)F)[C@]4(C)[C@H](CC[C@H]4[C@H]23)[C@@H](C)CCC(=O)O[C@@H]2C[C@@H]3C[C@H](O)CC[C@]3(C)[C@H]3C[C@H](OC(=O)C(F)(F)F)[C@]4(C)[C@@H]1CC[C@H]4[C@H]23. The van der Waals surface area contributed by atoms with E-state index < -0.39 is 94.5 Å². The highest BCUT2D eigenvalue weighted by atomic mass is 19.4. The Kier molecular flexibility index (Phi) is 13.0. The van der Waals surface area contributed by atoms with E-state index in [0.717, 1.165) is 0 Å². The van der Waals surface area contributed by atoms with Crippen LogP contribution in [-0.4, -0.2) is 83.1 Å². The summed E-state index contributed by atoms with van der Waals surface area (Å²) in [7, 11) is 0. The zero-order valence-corrected chi connectivity index (χ0v) is 40.5. The van der Waals surface area contributed by atoms with Gasteiger partial charge in [0.15, 0.2) is 0 Å². The summed E-state index contributed by atoms with van der Waals surface area (Å²) in [5, 5.41) is 21.9. The van der Waals surface area contributed by atoms with Crippen molar-refractivity contribution in [1.82, 2.24) is 0 Å². The van der Waals surface area contributed by atoms with E-state index in [9.17, 15) is 55.7 Å². The third kappa shape index (κ3) is 8.20. The van der Waals surface area contributed by atoms with Crippen molar-refractivity contribution in [3.8, 4) is 0 Å². The lowest BCUT2D eigenvalue weighted by Crippen LogP contribution is -2.64. The Morgan fingerprint density at radius 3 is 1.24 bits per heavy atom. The van der Waals surface area contributed by atoms with E-state index in [0.29, 0.717) is 89.9 Å². The molecular weight excluding hydrogens is 899 g/mol. The highest BCUT2D eigenvalue weighted by Gasteiger charge is 2.70. The number of esters is 4. The minimum Gasteiger partial charge on any atom is -0.462 e. The molecule has 8 saturated carbocycles. The van der Waals surface area contributed by atoms with E-state index in [1.54, 1.807) is 0 Å². The van der Waals surface area contributed by atoms with Crippen LogP contribution in [0.5, 0.6) is 0 Å². The molecule has 9 rings (SSSR count). The number of ether oxygens (including phenoxy) is 4. The van der Waals surface area contributed by atoms with E-state index in [1.807, 2.05) is 27.7 Å². The van der Waals surface area contributed by atoms with E-state index in [2.05, 4.69) is 13.8 Å². The molecule has 384 valence electrons. The molecule has 0 aromatic heterocycles. The average molecular weight is 973 g/mol. The molecule has 9 aliphatic rings. The quantitative estimate of drug-likeness (QED) is 0.156. The van der Waals surface area contributed by atoms with Gasteiger partial charge in [0.25, 0.3) is 0 Å². The third-order valence-electron chi connectivity index (χ3n) is 22.1. The van der Waals surface area contributed by atoms with Gasteiger partial charge in [-0.25, -0.2) is 9.59 Å². The second-order valence-corrected chi connectivity index (χ2v) is 24.8. The summed E-state index contributed by atoms with van der Waals surface area (Å²) in [6, 6.07) is 0. The second-order valence-electron chi connectivity index (χ2n) is 24.8. The van der Waals surface area contributed by atoms with E-state index in [4.69, 9.17) is 18.9 Å². The molecule has 8 bridgehead atoms. The summed E-state index contributed by atoms with van der Waals surface area (Å²) in [6.07, 6.45) is -7.54. The van der Waals surface area contributed by atoms with Crippen LogP contribution in [0.15, 0.2) is 0 Å². The van der Waals surface area contributed by atoms with Gasteiger partial charge in [0.1, 0.15) is 24.4 Å². The fourth-order valence-corrected chi connectivity index (χ4v) is 18.7. The number of alkyl halides is 6. The smallest absolute Gasteiger partial charge is 0.462 e. The number of carbonyl (C=O) groups is 4. The molecule has 0 spiro atoms. The number of rotatable bonds is 2. The number of carbonyl (C=O) groups excluding carboxylic acids is 4. The van der Waals surface area contributed by atoms with Crippen LogP contribution < -0.4 is 0 Å². The first-order valence-electron chi connectivity index (χ1n) is 26.0. The molecule has 0 unspecified atom stereocenters. The number of aliphatic hydroxyl groups excluding tert-OH is 2. The zero-order chi connectivity index (χ0) is 49.3. The van der Waals surface area contributed by atoms with Crippen LogP contribution in [0.4, 0.5) is 26.3 Å². The second kappa shape index (κ2) is 17.6. The summed E-state index contributed by atoms with van der Waals surface area (Å²) in [4.78, 5) is 54.5. The van der Waals surface area contributed by atoms with Crippen molar-refractivity contribution in [1.29, 1.82) is 0 Å². The van der Waals surface area contributed by atoms with Crippen molar-refractivity contribution in [2.75, 3.05) is 0 Å². The van der Waals surface area contributed by atoms with Gasteiger partial charge >= 0.3 is 36.2 Å². The molecule has 8 aliphatic carbocycles. The third-order valence-corrected chi connectivity index (χ3v) is 22.1. The van der Waals surface area contributed by atoms with Crippen molar-refractivity contribution in [2.45, 2.75) is 206 Å². The molecular formula is C52H74F6O10. The van der Waals surface area contributed by atoms with Gasteiger partial charge < -0.3 is 29.2 Å². The molecule has 16 heteroatoms. The Bertz CT molecular complexity index is 1830. The summed E-state index contributed by atoms with van der Waals surface area (Å²) >= 11 is 0. The van der Waals surface area contributed by atoms with Gasteiger partial charge in [-0.1, -0.05) is 41.5 Å². The maximum absolute atomic E-state index is 14.4. The minimum atomic E-state index is -5.22. The fourth-order valence-electron chi connectivity index (χ4n) is 18.7. The van der Waals surface area contributed by atoms with Crippen molar-refractivity contribution in [3.63, 3.8) is 0 Å². The molecule has 9 fully saturated rings. The van der Waals surface area contributed by atoms with Gasteiger partial charge in [-0.2, -0.15) is 26.3 Å². The molecule has 1 saturated heterocycles. The average Bonchev–Trinajstić information content (AvgIpc) is 3.80. The standard InChI is InChI=1S/C52H74F6O10/c1-25-7-13-41(61)65-38-22-28-20-30(60)16-18-48(28,4)36-24-40(68-46(64)52(56,57)58)50(6)32(10-12-34(50)44(36)38)26(2)8-14-42(62)66-37-21-27-19-29(59)15-17-47(27,3)35-23-39(67-45(63)51(53,54)55)49(5)31(25)9-11-33(49)43(35)37/h25-40,43-44,59-60H,7-24H2,1-6H3/t25-,26+,27-,28-,29+,30+,31+,32+,33-,34-,35-,36-,37+,38+,39-,40-,43-,44-,47-,48-,49+,50+/m0/s1. The predicted molar refractivity (Wildman–Crippen MR) is 232 cm³/mol. The van der Waals surface area contributed by atoms with Gasteiger partial charge in [0.05, 0.1) is 12.2 Å². The van der Waals surface area contributed by atoms with Crippen LogP contribution in [0.1, 0.15) is 157 Å². The van der Waals surface area contributed by atoms with Crippen molar-refractivity contribution >= 4 is 23.9 Å². The number of aliphatic hydroxyl groups is 2. The lowest BCUT2D eigenvalue weighted by molar-refractivity contribution is -0.243. The van der Waals surface area contributed by atoms with E-state index >= 15 is 0 Å². The van der Waals surface area contributed by atoms with Gasteiger partial charge in [0, 0.05) is 35.5 Å². The van der Waals surface area contributed by atoms with Crippen LogP contribution in [0, 0.1) is 92.7 Å². The van der Waals surface area contributed by atoms with Gasteiger partial charge in [-0.3, -0.25) is 9.59 Å². The molecule has 0 radical (unpaired) electrons. The Balaban J connectivity index is 1.10. The van der Waals surface area contributed by atoms with Crippen LogP contribution in [0.2, 0.25) is 0 Å². The Morgan fingerprint density at radius 1 is 0.529 bits per heavy atom. The summed E-state index contributed by atoms with van der Waals surface area (Å²) in [5.74, 6) is -8.21. The van der Waals surface area contributed by atoms with Crippen molar-refractivity contribution in [2.24, 2.45) is 92.7 Å². The first-order chi connectivity index (χ1) is 31.7. The Hall–Kier alpha value is -2.62. The number of hydrogen-bond acceptors (Lipinski definition) is 10. The number of hydrogen-bond donors (Lipinski definition) is 2. The number of halogens is 6. The number of fused-ring (bicyclic) bond motifs is 4. The normalized spacial score (nSPS) is 50.7. The first-order valence-corrected chi connectivity index (χ1v) is 26.0. The monoisotopic (exact) mass is 973 g/mol. The molecule has 0 aromatic carbocycles. The lowest BCUT2D eigenvalue weighted by atomic mass is 9.43. The Labute approximate surface area is 396 Å². The summed E-state index contributed by atoms with van der Waals surface area (Å²) < 4.78 is 109. The molecule has 22 atom stereocenters. The van der Waals surface area contributed by atoms with Crippen molar-refractivity contribution < 1.29 is 74.7 Å². The first kappa shape index (κ1) is 50.3. The molecule has 2 N–H and O–H groups in total. The fraction of sp³-hybridized carbons (Fsp3) is 0.923. The predicted octanol–water partition coefficient (Wildman–Crippen LogP) is 10.1. The van der Waals surface area contributed by atoms with Gasteiger partial charge in [-0.15, -0.1) is 0 Å². The summed E-state index contributed by atoms with van der Waals surface area (Å²) in [5.41, 5.74) is -2.78. The molecule has 0 aromatic rings. The summed E-state index contributed by atoms with van der Waals surface area (Å²) in [6.45, 7) is 12.1. The minimum absolute atomic E-state index is 0.00560. The van der Waals surface area contributed by atoms with E-state index in [1.165, 1.54) is 0 Å². The van der Waals surface area contributed by atoms with E-state index in [-0.39, 0.29) is 96.7 Å². The maximum Gasteiger partial charge on any atom is 0.490 e. The molecule has 10 nitrogen and oxygen atoms in total. The van der Waals surface area contributed by atoms with Gasteiger partial charge in [-0.05, 0) is 173 Å². The van der Waals surface area contributed by atoms with Crippen molar-refractivity contribution in [3.05, 3.63) is 0 Å². The maximum atomic E-state index is 14.4. The molecule has 1 heterocycles. The highest BCUT2D eigenvalue weighted by molar-refractivity contribution is 5.76. The lowest BCUT2D eigenvalue weighted by Gasteiger charge is -2.64. The zero-order valence-electron chi connectivity index (χ0n) is 40.5. The topological polar surface area (TPSA) is 146 Å². The molecule has 1 aliphatic heterocycles. The van der Waals surface area contributed by atoms with Crippen LogP contribution >= 0.6 is 0 Å². The van der Waals surface area contributed by atoms with Crippen LogP contribution in [-0.2, 0) is 38.1 Å². The highest BCUT2D eigenvalue weighted by Crippen LogP contribution is 2.72.